The number of benzene rings is 1. The van der Waals surface area contributed by atoms with Gasteiger partial charge >= 0.3 is 0 Å². The van der Waals surface area contributed by atoms with Crippen molar-refractivity contribution in [2.24, 2.45) is 9.98 Å². The van der Waals surface area contributed by atoms with Crippen molar-refractivity contribution in [1.82, 2.24) is 5.32 Å². The normalized spacial score (nSPS) is 12.8. The molecule has 1 aromatic carbocycles. The second kappa shape index (κ2) is 12.4. The molecule has 25 heavy (non-hydrogen) atoms. The molecule has 0 amide bonds. The summed E-state index contributed by atoms with van der Waals surface area (Å²) in [5, 5.41) is 3.14. The van der Waals surface area contributed by atoms with Crippen molar-refractivity contribution in [3.63, 3.8) is 0 Å². The molecule has 1 rings (SSSR count). The van der Waals surface area contributed by atoms with E-state index in [0.717, 1.165) is 48.6 Å². The molecule has 0 bridgehead atoms. The lowest BCUT2D eigenvalue weighted by molar-refractivity contribution is 0.734. The van der Waals surface area contributed by atoms with Crippen molar-refractivity contribution in [1.29, 1.82) is 0 Å². The van der Waals surface area contributed by atoms with Crippen LogP contribution in [0.4, 0.5) is 0 Å². The number of allylic oxidation sites excluding steroid dienone is 2. The van der Waals surface area contributed by atoms with Crippen LogP contribution in [0.1, 0.15) is 51.2 Å². The molecule has 0 saturated heterocycles. The number of aliphatic imine (C=N–C) groups is 2. The molecule has 0 aliphatic heterocycles. The maximum absolute atomic E-state index is 4.72. The Morgan fingerprint density at radius 3 is 2.52 bits per heavy atom. The lowest BCUT2D eigenvalue weighted by Gasteiger charge is -2.06. The first kappa shape index (κ1) is 21.0. The molecule has 3 heteroatoms. The summed E-state index contributed by atoms with van der Waals surface area (Å²) in [5.41, 5.74) is 5.05. The molecule has 0 aromatic heterocycles. The number of unbranched alkanes of at least 4 members (excludes halogenated alkanes) is 1. The Kier molecular flexibility index (Phi) is 10.4. The Hall–Kier alpha value is -2.00. The van der Waals surface area contributed by atoms with E-state index in [0.29, 0.717) is 0 Å². The predicted octanol–water partition coefficient (Wildman–Crippen LogP) is 5.09. The minimum absolute atomic E-state index is 0.778. The van der Waals surface area contributed by atoms with Gasteiger partial charge in [0.1, 0.15) is 0 Å². The van der Waals surface area contributed by atoms with Crippen molar-refractivity contribution in [3.8, 4) is 0 Å². The first-order valence-corrected chi connectivity index (χ1v) is 9.28. The van der Waals surface area contributed by atoms with E-state index in [9.17, 15) is 0 Å². The molecule has 1 aromatic rings. The second-order valence-corrected chi connectivity index (χ2v) is 6.17. The van der Waals surface area contributed by atoms with E-state index in [-0.39, 0.29) is 0 Å². The molecule has 0 aliphatic carbocycles. The smallest absolute Gasteiger partial charge is 0.0841 e. The van der Waals surface area contributed by atoms with Gasteiger partial charge in [-0.05, 0) is 63.9 Å². The van der Waals surface area contributed by atoms with E-state index in [4.69, 9.17) is 4.99 Å². The third kappa shape index (κ3) is 8.08. The zero-order chi connectivity index (χ0) is 18.5. The third-order valence-corrected chi connectivity index (χ3v) is 3.99. The molecule has 0 fully saturated rings. The SMILES string of the molecule is C=C(N=C(/C=C\C)C(C)=NCCCNC)c1ccc(CCCC)cc1. The van der Waals surface area contributed by atoms with E-state index in [1.54, 1.807) is 0 Å². The maximum Gasteiger partial charge on any atom is 0.0841 e. The van der Waals surface area contributed by atoms with Crippen LogP contribution in [0.15, 0.2) is 53.0 Å². The largest absolute Gasteiger partial charge is 0.320 e. The molecular formula is C22H33N3. The summed E-state index contributed by atoms with van der Waals surface area (Å²) in [6, 6.07) is 8.59. The van der Waals surface area contributed by atoms with Crippen LogP contribution in [0, 0.1) is 0 Å². The van der Waals surface area contributed by atoms with Gasteiger partial charge in [-0.2, -0.15) is 0 Å². The highest BCUT2D eigenvalue weighted by Crippen LogP contribution is 2.16. The van der Waals surface area contributed by atoms with Crippen molar-refractivity contribution in [3.05, 3.63) is 54.1 Å². The molecule has 1 N–H and O–H groups in total. The molecular weight excluding hydrogens is 306 g/mol. The summed E-state index contributed by atoms with van der Waals surface area (Å²) in [6.45, 7) is 12.2. The molecule has 0 heterocycles. The van der Waals surface area contributed by atoms with E-state index in [1.807, 2.05) is 33.0 Å². The molecule has 0 unspecified atom stereocenters. The van der Waals surface area contributed by atoms with Crippen molar-refractivity contribution in [2.75, 3.05) is 20.1 Å². The minimum atomic E-state index is 0.778. The predicted molar refractivity (Wildman–Crippen MR) is 113 cm³/mol. The van der Waals surface area contributed by atoms with Crippen molar-refractivity contribution >= 4 is 17.1 Å². The van der Waals surface area contributed by atoms with Crippen LogP contribution in [-0.2, 0) is 6.42 Å². The van der Waals surface area contributed by atoms with E-state index in [2.05, 4.69) is 48.1 Å². The lowest BCUT2D eigenvalue weighted by atomic mass is 10.1. The maximum atomic E-state index is 4.72. The molecule has 0 aliphatic rings. The number of nitrogens with one attached hydrogen (secondary N) is 1. The minimum Gasteiger partial charge on any atom is -0.320 e. The van der Waals surface area contributed by atoms with Crippen LogP contribution in [0.5, 0.6) is 0 Å². The van der Waals surface area contributed by atoms with Gasteiger partial charge in [-0.3, -0.25) is 4.99 Å². The number of hydrogen-bond donors (Lipinski definition) is 1. The van der Waals surface area contributed by atoms with Gasteiger partial charge in [-0.15, -0.1) is 0 Å². The number of aryl methyl sites for hydroxylation is 1. The molecule has 0 radical (unpaired) electrons. The van der Waals surface area contributed by atoms with Gasteiger partial charge < -0.3 is 5.32 Å². The summed E-state index contributed by atoms with van der Waals surface area (Å²) >= 11 is 0. The van der Waals surface area contributed by atoms with Gasteiger partial charge in [0.05, 0.1) is 17.1 Å². The average molecular weight is 340 g/mol. The Balaban J connectivity index is 2.84. The van der Waals surface area contributed by atoms with Crippen LogP contribution < -0.4 is 5.32 Å². The quantitative estimate of drug-likeness (QED) is 0.442. The summed E-state index contributed by atoms with van der Waals surface area (Å²) < 4.78 is 0. The highest BCUT2D eigenvalue weighted by Gasteiger charge is 2.03. The van der Waals surface area contributed by atoms with E-state index < -0.39 is 0 Å². The molecule has 0 spiro atoms. The van der Waals surface area contributed by atoms with Crippen molar-refractivity contribution in [2.45, 2.75) is 46.5 Å². The Morgan fingerprint density at radius 1 is 1.20 bits per heavy atom. The second-order valence-electron chi connectivity index (χ2n) is 6.17. The Bertz CT molecular complexity index is 607. The highest BCUT2D eigenvalue weighted by atomic mass is 14.8. The van der Waals surface area contributed by atoms with Gasteiger partial charge in [0.2, 0.25) is 0 Å². The zero-order valence-corrected chi connectivity index (χ0v) is 16.3. The average Bonchev–Trinajstić information content (AvgIpc) is 2.63. The fraction of sp³-hybridized carbons (Fsp3) is 0.455. The van der Waals surface area contributed by atoms with Crippen LogP contribution in [-0.4, -0.2) is 31.6 Å². The van der Waals surface area contributed by atoms with Gasteiger partial charge in [0, 0.05) is 6.54 Å². The van der Waals surface area contributed by atoms with Gasteiger partial charge in [-0.1, -0.05) is 50.3 Å². The van der Waals surface area contributed by atoms with E-state index in [1.165, 1.54) is 18.4 Å². The third-order valence-electron chi connectivity index (χ3n) is 3.99. The molecule has 3 nitrogen and oxygen atoms in total. The molecule has 136 valence electrons. The van der Waals surface area contributed by atoms with Crippen LogP contribution in [0.2, 0.25) is 0 Å². The summed E-state index contributed by atoms with van der Waals surface area (Å²) in [4.78, 5) is 9.34. The summed E-state index contributed by atoms with van der Waals surface area (Å²) in [5.74, 6) is 0. The van der Waals surface area contributed by atoms with E-state index >= 15 is 0 Å². The van der Waals surface area contributed by atoms with Gasteiger partial charge in [-0.25, -0.2) is 4.99 Å². The highest BCUT2D eigenvalue weighted by molar-refractivity contribution is 6.46. The summed E-state index contributed by atoms with van der Waals surface area (Å²) in [6.07, 6.45) is 8.60. The topological polar surface area (TPSA) is 36.8 Å². The zero-order valence-electron chi connectivity index (χ0n) is 16.3. The Morgan fingerprint density at radius 2 is 1.92 bits per heavy atom. The van der Waals surface area contributed by atoms with Crippen LogP contribution >= 0.6 is 0 Å². The molecule has 0 atom stereocenters. The van der Waals surface area contributed by atoms with Crippen LogP contribution in [0.3, 0.4) is 0 Å². The van der Waals surface area contributed by atoms with Crippen molar-refractivity contribution < 1.29 is 0 Å². The lowest BCUT2D eigenvalue weighted by Crippen LogP contribution is -2.11. The fourth-order valence-electron chi connectivity index (χ4n) is 2.43. The monoisotopic (exact) mass is 339 g/mol. The van der Waals surface area contributed by atoms with Gasteiger partial charge in [0.25, 0.3) is 0 Å². The number of nitrogens with zero attached hydrogens (tertiary/aromatic N) is 2. The first-order chi connectivity index (χ1) is 12.1. The van der Waals surface area contributed by atoms with Crippen LogP contribution in [0.25, 0.3) is 5.70 Å². The number of rotatable bonds is 11. The standard InChI is InChI=1S/C22H33N3/c1-6-8-11-20-12-14-21(15-13-20)18(3)25-22(10-7-2)19(4)24-17-9-16-23-5/h7,10,12-15,23H,3,6,8-9,11,16-17H2,1-2,4-5H3/b10-7-,24-19?,25-22?. The molecule has 0 saturated carbocycles. The van der Waals surface area contributed by atoms with Gasteiger partial charge in [0.15, 0.2) is 0 Å². The number of hydrogen-bond acceptors (Lipinski definition) is 3. The summed E-state index contributed by atoms with van der Waals surface area (Å²) in [7, 11) is 1.96. The Labute approximate surface area is 153 Å². The fourth-order valence-corrected chi connectivity index (χ4v) is 2.43. The first-order valence-electron chi connectivity index (χ1n) is 9.28.